The first-order valence-corrected chi connectivity index (χ1v) is 6.48. The molecule has 0 aliphatic heterocycles. The zero-order valence-corrected chi connectivity index (χ0v) is 12.1. The fourth-order valence-electron chi connectivity index (χ4n) is 2.54. The van der Waals surface area contributed by atoms with Gasteiger partial charge in [-0.05, 0) is 37.5 Å². The maximum atomic E-state index is 11.8. The van der Waals surface area contributed by atoms with Crippen molar-refractivity contribution in [1.29, 1.82) is 0 Å². The molecular formula is C16H16N2O3. The minimum atomic E-state index is -0.791. The molecule has 21 heavy (non-hydrogen) atoms. The Morgan fingerprint density at radius 1 is 1.10 bits per heavy atom. The van der Waals surface area contributed by atoms with E-state index in [2.05, 4.69) is 0 Å². The maximum Gasteiger partial charge on any atom is 0.282 e. The molecule has 5 heteroatoms. The zero-order chi connectivity index (χ0) is 15.7. The smallest absolute Gasteiger partial charge is 0.282 e. The maximum absolute atomic E-state index is 11.8. The molecule has 0 spiro atoms. The number of rotatable bonds is 3. The van der Waals surface area contributed by atoms with Crippen LogP contribution in [-0.4, -0.2) is 10.8 Å². The van der Waals surface area contributed by atoms with E-state index in [0.717, 1.165) is 22.3 Å². The number of hydrogen-bond donors (Lipinski definition) is 1. The Kier molecular flexibility index (Phi) is 3.76. The molecule has 0 atom stereocenters. The van der Waals surface area contributed by atoms with E-state index in [9.17, 15) is 14.9 Å². The van der Waals surface area contributed by atoms with Gasteiger partial charge in [-0.1, -0.05) is 29.8 Å². The Morgan fingerprint density at radius 2 is 1.76 bits per heavy atom. The van der Waals surface area contributed by atoms with Crippen LogP contribution in [-0.2, 0) is 0 Å². The van der Waals surface area contributed by atoms with Gasteiger partial charge in [-0.3, -0.25) is 14.9 Å². The summed E-state index contributed by atoms with van der Waals surface area (Å²) < 4.78 is 0. The molecule has 0 aliphatic carbocycles. The molecule has 2 aromatic carbocycles. The van der Waals surface area contributed by atoms with Crippen LogP contribution in [0.2, 0.25) is 0 Å². The summed E-state index contributed by atoms with van der Waals surface area (Å²) in [5.41, 5.74) is 9.23. The second-order valence-corrected chi connectivity index (χ2v) is 5.09. The number of nitrogens with two attached hydrogens (primary N) is 1. The van der Waals surface area contributed by atoms with Crippen LogP contribution < -0.4 is 5.73 Å². The third kappa shape index (κ3) is 2.63. The average molecular weight is 284 g/mol. The summed E-state index contributed by atoms with van der Waals surface area (Å²) in [5, 5.41) is 11.2. The van der Waals surface area contributed by atoms with E-state index >= 15 is 0 Å². The van der Waals surface area contributed by atoms with Gasteiger partial charge in [0.1, 0.15) is 5.56 Å². The normalized spacial score (nSPS) is 10.4. The molecule has 2 rings (SSSR count). The summed E-state index contributed by atoms with van der Waals surface area (Å²) in [6, 6.07) is 8.70. The molecule has 108 valence electrons. The molecule has 0 fully saturated rings. The van der Waals surface area contributed by atoms with Gasteiger partial charge in [0.15, 0.2) is 0 Å². The summed E-state index contributed by atoms with van der Waals surface area (Å²) in [6.07, 6.45) is 0. The molecule has 0 saturated carbocycles. The second kappa shape index (κ2) is 5.36. The van der Waals surface area contributed by atoms with Crippen molar-refractivity contribution in [1.82, 2.24) is 0 Å². The number of carbonyl (C=O) groups excluding carboxylic acids is 1. The summed E-state index contributed by atoms with van der Waals surface area (Å²) in [5.74, 6) is -0.791. The van der Waals surface area contributed by atoms with E-state index in [1.807, 2.05) is 39.0 Å². The van der Waals surface area contributed by atoms with Gasteiger partial charge in [0.05, 0.1) is 4.92 Å². The molecule has 0 aromatic heterocycles. The molecule has 0 radical (unpaired) electrons. The lowest BCUT2D eigenvalue weighted by Crippen LogP contribution is -2.16. The first-order chi connectivity index (χ1) is 9.82. The number of hydrogen-bond acceptors (Lipinski definition) is 3. The van der Waals surface area contributed by atoms with Crippen molar-refractivity contribution in [3.8, 4) is 11.1 Å². The van der Waals surface area contributed by atoms with Gasteiger partial charge in [0.25, 0.3) is 11.6 Å². The van der Waals surface area contributed by atoms with E-state index in [4.69, 9.17) is 5.73 Å². The van der Waals surface area contributed by atoms with Crippen LogP contribution >= 0.6 is 0 Å². The highest BCUT2D eigenvalue weighted by molar-refractivity contribution is 6.04. The quantitative estimate of drug-likeness (QED) is 0.693. The van der Waals surface area contributed by atoms with Crippen LogP contribution in [0.1, 0.15) is 27.0 Å². The number of primary amides is 1. The number of benzene rings is 2. The highest BCUT2D eigenvalue weighted by Crippen LogP contribution is 2.35. The van der Waals surface area contributed by atoms with Gasteiger partial charge in [-0.15, -0.1) is 0 Å². The van der Waals surface area contributed by atoms with Crippen LogP contribution in [0.5, 0.6) is 0 Å². The molecule has 1 amide bonds. The number of carbonyl (C=O) groups is 1. The molecule has 2 N–H and O–H groups in total. The van der Waals surface area contributed by atoms with E-state index in [0.29, 0.717) is 5.56 Å². The molecule has 0 aliphatic rings. The second-order valence-electron chi connectivity index (χ2n) is 5.09. The Labute approximate surface area is 122 Å². The summed E-state index contributed by atoms with van der Waals surface area (Å²) in [7, 11) is 0. The van der Waals surface area contributed by atoms with E-state index < -0.39 is 10.8 Å². The van der Waals surface area contributed by atoms with Crippen molar-refractivity contribution in [3.05, 3.63) is 62.7 Å². The summed E-state index contributed by atoms with van der Waals surface area (Å²) in [4.78, 5) is 22.3. The zero-order valence-electron chi connectivity index (χ0n) is 12.1. The van der Waals surface area contributed by atoms with E-state index in [-0.39, 0.29) is 11.3 Å². The van der Waals surface area contributed by atoms with Gasteiger partial charge in [-0.2, -0.15) is 0 Å². The van der Waals surface area contributed by atoms with Crippen molar-refractivity contribution in [3.63, 3.8) is 0 Å². The fraction of sp³-hybridized carbons (Fsp3) is 0.188. The van der Waals surface area contributed by atoms with Crippen molar-refractivity contribution in [2.24, 2.45) is 5.73 Å². The Balaban J connectivity index is 2.87. The lowest BCUT2D eigenvalue weighted by molar-refractivity contribution is -0.385. The highest BCUT2D eigenvalue weighted by Gasteiger charge is 2.25. The summed E-state index contributed by atoms with van der Waals surface area (Å²) >= 11 is 0. The third-order valence-electron chi connectivity index (χ3n) is 3.49. The fourth-order valence-corrected chi connectivity index (χ4v) is 2.54. The number of nitro groups is 1. The number of nitrogens with zero attached hydrogens (tertiary/aromatic N) is 1. The minimum absolute atomic E-state index is 0.0352. The van der Waals surface area contributed by atoms with Gasteiger partial charge < -0.3 is 5.73 Å². The SMILES string of the molecule is Cc1ccc(-c2c(C)ccc([N+](=O)[O-])c2C(N)=O)c(C)c1. The molecule has 5 nitrogen and oxygen atoms in total. The monoisotopic (exact) mass is 284 g/mol. The number of aryl methyl sites for hydroxylation is 3. The van der Waals surface area contributed by atoms with Crippen LogP contribution in [0, 0.1) is 30.9 Å². The predicted octanol–water partition coefficient (Wildman–Crippen LogP) is 3.29. The molecule has 0 unspecified atom stereocenters. The molecule has 0 bridgehead atoms. The van der Waals surface area contributed by atoms with Gasteiger partial charge in [-0.25, -0.2) is 0 Å². The first kappa shape index (κ1) is 14.7. The lowest BCUT2D eigenvalue weighted by atomic mass is 9.90. The Hall–Kier alpha value is -2.69. The number of nitro benzene ring substituents is 1. The van der Waals surface area contributed by atoms with Crippen molar-refractivity contribution in [2.45, 2.75) is 20.8 Å². The Morgan fingerprint density at radius 3 is 2.29 bits per heavy atom. The van der Waals surface area contributed by atoms with Crippen molar-refractivity contribution < 1.29 is 9.72 Å². The van der Waals surface area contributed by atoms with Crippen LogP contribution in [0.3, 0.4) is 0 Å². The first-order valence-electron chi connectivity index (χ1n) is 6.48. The van der Waals surface area contributed by atoms with Crippen molar-refractivity contribution in [2.75, 3.05) is 0 Å². The average Bonchev–Trinajstić information content (AvgIpc) is 2.38. The highest BCUT2D eigenvalue weighted by atomic mass is 16.6. The van der Waals surface area contributed by atoms with Gasteiger partial charge in [0, 0.05) is 11.6 Å². The number of amides is 1. The predicted molar refractivity (Wildman–Crippen MR) is 81.3 cm³/mol. The van der Waals surface area contributed by atoms with Gasteiger partial charge >= 0.3 is 0 Å². The summed E-state index contributed by atoms with van der Waals surface area (Å²) in [6.45, 7) is 5.68. The van der Waals surface area contributed by atoms with Crippen molar-refractivity contribution >= 4 is 11.6 Å². The minimum Gasteiger partial charge on any atom is -0.365 e. The van der Waals surface area contributed by atoms with Crippen LogP contribution in [0.15, 0.2) is 30.3 Å². The van der Waals surface area contributed by atoms with Crippen LogP contribution in [0.4, 0.5) is 5.69 Å². The lowest BCUT2D eigenvalue weighted by Gasteiger charge is -2.14. The molecule has 2 aromatic rings. The molecule has 0 heterocycles. The standard InChI is InChI=1S/C16H16N2O3/c1-9-4-6-12(11(3)8-9)14-10(2)5-7-13(18(20)21)15(14)16(17)19/h4-8H,1-3H3,(H2,17,19). The van der Waals surface area contributed by atoms with Gasteiger partial charge in [0.2, 0.25) is 0 Å². The third-order valence-corrected chi connectivity index (χ3v) is 3.49. The Bertz CT molecular complexity index is 751. The van der Waals surface area contributed by atoms with Crippen LogP contribution in [0.25, 0.3) is 11.1 Å². The molecule has 0 saturated heterocycles. The largest absolute Gasteiger partial charge is 0.365 e. The molecular weight excluding hydrogens is 268 g/mol. The van der Waals surface area contributed by atoms with E-state index in [1.54, 1.807) is 6.07 Å². The van der Waals surface area contributed by atoms with E-state index in [1.165, 1.54) is 6.07 Å². The topological polar surface area (TPSA) is 86.2 Å².